The average Bonchev–Trinajstić information content (AvgIpc) is 3.36. The molecular formula is C28H30N4O6S2. The summed E-state index contributed by atoms with van der Waals surface area (Å²) in [7, 11) is -3.94. The fraction of sp³-hybridized carbons (Fsp3) is 0.286. The average molecular weight is 583 g/mol. The predicted molar refractivity (Wildman–Crippen MR) is 154 cm³/mol. The number of aliphatic imine (C=N–C) groups is 1. The molecule has 2 atom stereocenters. The van der Waals surface area contributed by atoms with Crippen molar-refractivity contribution in [1.82, 2.24) is 4.98 Å². The van der Waals surface area contributed by atoms with Gasteiger partial charge in [-0.1, -0.05) is 30.3 Å². The highest BCUT2D eigenvalue weighted by atomic mass is 32.2. The zero-order valence-corrected chi connectivity index (χ0v) is 24.1. The third-order valence-electron chi connectivity index (χ3n) is 6.33. The summed E-state index contributed by atoms with van der Waals surface area (Å²) in [5.74, 6) is -2.49. The fourth-order valence-electron chi connectivity index (χ4n) is 4.72. The van der Waals surface area contributed by atoms with Gasteiger partial charge in [0.15, 0.2) is 5.13 Å². The molecule has 0 saturated heterocycles. The highest BCUT2D eigenvalue weighted by Crippen LogP contribution is 2.41. The minimum absolute atomic E-state index is 0.0122. The lowest BCUT2D eigenvalue weighted by molar-refractivity contribution is -0.146. The van der Waals surface area contributed by atoms with Crippen molar-refractivity contribution in [3.8, 4) is 11.3 Å². The number of carbonyl (C=O) groups is 2. The summed E-state index contributed by atoms with van der Waals surface area (Å²) in [6, 6.07) is 13.7. The van der Waals surface area contributed by atoms with E-state index in [0.29, 0.717) is 44.6 Å². The quantitative estimate of drug-likeness (QED) is 0.342. The number of thiazole rings is 1. The molecule has 0 radical (unpaired) electrons. The topological polar surface area (TPSA) is 150 Å². The molecule has 0 aliphatic carbocycles. The maximum atomic E-state index is 13.1. The van der Waals surface area contributed by atoms with E-state index in [-0.39, 0.29) is 18.1 Å². The van der Waals surface area contributed by atoms with Crippen molar-refractivity contribution in [3.05, 3.63) is 70.7 Å². The second-order valence-electron chi connectivity index (χ2n) is 9.01. The van der Waals surface area contributed by atoms with Crippen LogP contribution >= 0.6 is 11.3 Å². The molecule has 10 nitrogen and oxygen atoms in total. The van der Waals surface area contributed by atoms with Crippen LogP contribution in [0.3, 0.4) is 0 Å². The first-order valence-corrected chi connectivity index (χ1v) is 15.0. The predicted octanol–water partition coefficient (Wildman–Crippen LogP) is 4.78. The normalized spacial score (nSPS) is 17.3. The molecule has 40 heavy (non-hydrogen) atoms. The van der Waals surface area contributed by atoms with E-state index in [1.165, 1.54) is 17.4 Å². The van der Waals surface area contributed by atoms with Gasteiger partial charge in [-0.25, -0.2) is 23.3 Å². The Morgan fingerprint density at radius 2 is 1.77 bits per heavy atom. The number of nitrogens with one attached hydrogen (secondary N) is 1. The molecule has 0 bridgehead atoms. The summed E-state index contributed by atoms with van der Waals surface area (Å²) >= 11 is 1.29. The van der Waals surface area contributed by atoms with Crippen LogP contribution in [-0.4, -0.2) is 44.3 Å². The number of primary sulfonamides is 1. The number of carbonyl (C=O) groups excluding carboxylic acids is 2. The van der Waals surface area contributed by atoms with Crippen LogP contribution in [0.5, 0.6) is 0 Å². The van der Waals surface area contributed by atoms with Crippen LogP contribution in [0, 0.1) is 5.92 Å². The van der Waals surface area contributed by atoms with Crippen LogP contribution < -0.4 is 10.5 Å². The van der Waals surface area contributed by atoms with Gasteiger partial charge in [0.05, 0.1) is 29.4 Å². The second kappa shape index (κ2) is 12.1. The third kappa shape index (κ3) is 6.14. The number of sulfonamides is 1. The fourth-order valence-corrected chi connectivity index (χ4v) is 6.20. The van der Waals surface area contributed by atoms with Gasteiger partial charge in [-0.3, -0.25) is 9.79 Å². The number of rotatable bonds is 9. The van der Waals surface area contributed by atoms with E-state index in [1.807, 2.05) is 24.3 Å². The standard InChI is InChI=1S/C28H30N4O6S2/c1-5-37-26(33)23-16(3)30-17(4)24(27(34)38-6-2)25(23)18-10-9-11-19(14-18)31-28-32-21(15-39-28)20-12-7-8-13-22(20)40(29,35)36/h7-15,23,25H,5-6H2,1-4H3,(H,31,32)(H2,29,35,36). The monoisotopic (exact) mass is 582 g/mol. The smallest absolute Gasteiger partial charge is 0.336 e. The van der Waals surface area contributed by atoms with Gasteiger partial charge in [0.2, 0.25) is 10.0 Å². The van der Waals surface area contributed by atoms with Gasteiger partial charge in [-0.05, 0) is 51.5 Å². The van der Waals surface area contributed by atoms with E-state index in [4.69, 9.17) is 14.6 Å². The first kappa shape index (κ1) is 29.1. The second-order valence-corrected chi connectivity index (χ2v) is 11.4. The first-order chi connectivity index (χ1) is 19.0. The Morgan fingerprint density at radius 1 is 1.05 bits per heavy atom. The molecule has 0 fully saturated rings. The van der Waals surface area contributed by atoms with Gasteiger partial charge < -0.3 is 14.8 Å². The molecular weight excluding hydrogens is 552 g/mol. The van der Waals surface area contributed by atoms with Crippen LogP contribution in [0.15, 0.2) is 75.1 Å². The van der Waals surface area contributed by atoms with E-state index in [0.717, 1.165) is 0 Å². The van der Waals surface area contributed by atoms with E-state index in [1.54, 1.807) is 51.3 Å². The summed E-state index contributed by atoms with van der Waals surface area (Å²) in [4.78, 5) is 35.2. The lowest BCUT2D eigenvalue weighted by Gasteiger charge is -2.31. The van der Waals surface area contributed by atoms with Gasteiger partial charge in [-0.2, -0.15) is 0 Å². The number of anilines is 2. The molecule has 12 heteroatoms. The van der Waals surface area contributed by atoms with Gasteiger partial charge in [0, 0.05) is 34.0 Å². The van der Waals surface area contributed by atoms with Crippen molar-refractivity contribution >= 4 is 49.8 Å². The maximum Gasteiger partial charge on any atom is 0.336 e. The van der Waals surface area contributed by atoms with Gasteiger partial charge in [0.25, 0.3) is 0 Å². The number of hydrogen-bond donors (Lipinski definition) is 2. The molecule has 3 N–H and O–H groups in total. The zero-order valence-electron chi connectivity index (χ0n) is 22.5. The van der Waals surface area contributed by atoms with Crippen LogP contribution in [0.4, 0.5) is 10.8 Å². The number of allylic oxidation sites excluding steroid dienone is 1. The SMILES string of the molecule is CCOC(=O)C1=C(C)N=C(C)C(C(=O)OCC)C1c1cccc(Nc2nc(-c3ccccc3S(N)(=O)=O)cs2)c1. The van der Waals surface area contributed by atoms with Crippen molar-refractivity contribution in [3.63, 3.8) is 0 Å². The molecule has 0 spiro atoms. The minimum atomic E-state index is -3.94. The maximum absolute atomic E-state index is 13.1. The molecule has 1 aromatic heterocycles. The van der Waals surface area contributed by atoms with Crippen LogP contribution in [0.2, 0.25) is 0 Å². The summed E-state index contributed by atoms with van der Waals surface area (Å²) in [5, 5.41) is 10.9. The number of ether oxygens (including phenoxy) is 2. The van der Waals surface area contributed by atoms with E-state index in [9.17, 15) is 18.0 Å². The number of nitrogens with two attached hydrogens (primary N) is 1. The number of nitrogens with zero attached hydrogens (tertiary/aromatic N) is 2. The van der Waals surface area contributed by atoms with Crippen LogP contribution in [0.1, 0.15) is 39.2 Å². The number of esters is 2. The molecule has 2 aromatic carbocycles. The zero-order chi connectivity index (χ0) is 29.0. The van der Waals surface area contributed by atoms with Gasteiger partial charge in [-0.15, -0.1) is 11.3 Å². The molecule has 1 aliphatic heterocycles. The van der Waals surface area contributed by atoms with Crippen molar-refractivity contribution in [2.75, 3.05) is 18.5 Å². The van der Waals surface area contributed by atoms with Crippen molar-refractivity contribution in [2.45, 2.75) is 38.5 Å². The highest BCUT2D eigenvalue weighted by Gasteiger charge is 2.42. The lowest BCUT2D eigenvalue weighted by atomic mass is 9.75. The Kier molecular flexibility index (Phi) is 8.82. The molecule has 1 aliphatic rings. The van der Waals surface area contributed by atoms with Crippen molar-refractivity contribution < 1.29 is 27.5 Å². The van der Waals surface area contributed by atoms with Crippen LogP contribution in [0.25, 0.3) is 11.3 Å². The van der Waals surface area contributed by atoms with Gasteiger partial charge in [0.1, 0.15) is 5.92 Å². The molecule has 0 saturated carbocycles. The molecule has 2 unspecified atom stereocenters. The number of hydrogen-bond acceptors (Lipinski definition) is 10. The largest absolute Gasteiger partial charge is 0.465 e. The Morgan fingerprint density at radius 3 is 2.48 bits per heavy atom. The first-order valence-electron chi connectivity index (χ1n) is 12.6. The van der Waals surface area contributed by atoms with E-state index >= 15 is 0 Å². The Labute approximate surface area is 237 Å². The minimum Gasteiger partial charge on any atom is -0.465 e. The van der Waals surface area contributed by atoms with Gasteiger partial charge >= 0.3 is 11.9 Å². The molecule has 0 amide bonds. The summed E-state index contributed by atoms with van der Waals surface area (Å²) in [5.41, 5.74) is 3.54. The summed E-state index contributed by atoms with van der Waals surface area (Å²) < 4.78 is 34.8. The van der Waals surface area contributed by atoms with Crippen molar-refractivity contribution in [2.24, 2.45) is 16.0 Å². The Hall–Kier alpha value is -3.87. The van der Waals surface area contributed by atoms with Crippen molar-refractivity contribution in [1.29, 1.82) is 0 Å². The summed E-state index contributed by atoms with van der Waals surface area (Å²) in [6.45, 7) is 7.29. The summed E-state index contributed by atoms with van der Waals surface area (Å²) in [6.07, 6.45) is 0. The molecule has 210 valence electrons. The third-order valence-corrected chi connectivity index (χ3v) is 8.06. The Bertz CT molecular complexity index is 1610. The number of aromatic nitrogens is 1. The molecule has 4 rings (SSSR count). The number of benzene rings is 2. The van der Waals surface area contributed by atoms with Crippen LogP contribution in [-0.2, 0) is 29.1 Å². The molecule has 2 heterocycles. The lowest BCUT2D eigenvalue weighted by Crippen LogP contribution is -2.36. The highest BCUT2D eigenvalue weighted by molar-refractivity contribution is 7.89. The van der Waals surface area contributed by atoms with E-state index in [2.05, 4.69) is 15.3 Å². The molecule has 3 aromatic rings. The van der Waals surface area contributed by atoms with E-state index < -0.39 is 33.8 Å². The Balaban J connectivity index is 1.71.